The summed E-state index contributed by atoms with van der Waals surface area (Å²) in [5.74, 6) is 1.65. The highest BCUT2D eigenvalue weighted by atomic mass is 32.2. The number of rotatable bonds is 9. The Hall–Kier alpha value is -1.54. The first kappa shape index (κ1) is 28.7. The molecular weight excluding hydrogens is 448 g/mol. The highest BCUT2D eigenvalue weighted by molar-refractivity contribution is 7.99. The lowest BCUT2D eigenvalue weighted by Gasteiger charge is -2.39. The zero-order valence-electron chi connectivity index (χ0n) is 22.5. The first-order valence-electron chi connectivity index (χ1n) is 12.8. The quantitative estimate of drug-likeness (QED) is 0.498. The molecule has 0 bridgehead atoms. The molecule has 0 aliphatic carbocycles. The van der Waals surface area contributed by atoms with E-state index in [1.807, 2.05) is 31.7 Å². The molecule has 3 atom stereocenters. The maximum absolute atomic E-state index is 13.6. The fraction of sp³-hybridized carbons (Fsp3) is 0.808. The summed E-state index contributed by atoms with van der Waals surface area (Å²) in [5, 5.41) is 3.10. The van der Waals surface area contributed by atoms with Gasteiger partial charge in [-0.3, -0.25) is 19.3 Å². The Morgan fingerprint density at radius 2 is 1.71 bits per heavy atom. The minimum atomic E-state index is -0.603. The second kappa shape index (κ2) is 13.0. The molecule has 0 aromatic heterocycles. The highest BCUT2D eigenvalue weighted by Crippen LogP contribution is 2.22. The Kier molecular flexibility index (Phi) is 10.9. The van der Waals surface area contributed by atoms with Crippen molar-refractivity contribution in [1.82, 2.24) is 20.0 Å². The number of piperidine rings is 1. The van der Waals surface area contributed by atoms with Gasteiger partial charge in [0.15, 0.2) is 0 Å². The van der Waals surface area contributed by atoms with Crippen LogP contribution in [0.25, 0.3) is 0 Å². The molecule has 0 saturated carbocycles. The van der Waals surface area contributed by atoms with Gasteiger partial charge in [-0.25, -0.2) is 0 Å². The number of carbonyl (C=O) groups is 3. The van der Waals surface area contributed by atoms with Crippen LogP contribution in [0.1, 0.15) is 67.7 Å². The number of carbonyl (C=O) groups excluding carboxylic acids is 3. The Morgan fingerprint density at radius 3 is 2.24 bits per heavy atom. The Balaban J connectivity index is 2.17. The zero-order valence-corrected chi connectivity index (χ0v) is 23.3. The zero-order chi connectivity index (χ0) is 25.6. The van der Waals surface area contributed by atoms with Gasteiger partial charge in [-0.05, 0) is 52.0 Å². The number of thioether (sulfide) groups is 1. The van der Waals surface area contributed by atoms with Crippen LogP contribution in [0, 0.1) is 11.8 Å². The number of nitrogens with zero attached hydrogens (tertiary/aromatic N) is 3. The van der Waals surface area contributed by atoms with Gasteiger partial charge in [-0.15, -0.1) is 11.8 Å². The summed E-state index contributed by atoms with van der Waals surface area (Å²) >= 11 is 1.76. The molecule has 3 amide bonds. The monoisotopic (exact) mass is 494 g/mol. The molecule has 0 aromatic carbocycles. The van der Waals surface area contributed by atoms with E-state index >= 15 is 0 Å². The topological polar surface area (TPSA) is 73.0 Å². The minimum absolute atomic E-state index is 0.0382. The van der Waals surface area contributed by atoms with Gasteiger partial charge >= 0.3 is 0 Å². The Labute approximate surface area is 211 Å². The maximum Gasteiger partial charge on any atom is 0.249 e. The number of amides is 3. The first-order valence-corrected chi connectivity index (χ1v) is 14.0. The Morgan fingerprint density at radius 1 is 1.03 bits per heavy atom. The highest BCUT2D eigenvalue weighted by Gasteiger charge is 2.36. The molecule has 1 N–H and O–H groups in total. The molecule has 2 fully saturated rings. The largest absolute Gasteiger partial charge is 0.343 e. The molecule has 0 unspecified atom stereocenters. The lowest BCUT2D eigenvalue weighted by molar-refractivity contribution is -0.140. The molecule has 0 aromatic rings. The third kappa shape index (κ3) is 7.23. The lowest BCUT2D eigenvalue weighted by atomic mass is 9.95. The van der Waals surface area contributed by atoms with Crippen molar-refractivity contribution in [1.29, 1.82) is 0 Å². The third-order valence-electron chi connectivity index (χ3n) is 7.02. The molecule has 2 heterocycles. The van der Waals surface area contributed by atoms with Gasteiger partial charge in [0.05, 0.1) is 18.0 Å². The van der Waals surface area contributed by atoms with Crippen molar-refractivity contribution in [2.45, 2.75) is 91.9 Å². The van der Waals surface area contributed by atoms with E-state index in [0.717, 1.165) is 44.0 Å². The predicted molar refractivity (Wildman–Crippen MR) is 140 cm³/mol. The van der Waals surface area contributed by atoms with Crippen LogP contribution in [0.2, 0.25) is 0 Å². The molecule has 2 aliphatic heterocycles. The van der Waals surface area contributed by atoms with E-state index in [0.29, 0.717) is 5.57 Å². The van der Waals surface area contributed by atoms with Gasteiger partial charge in [0, 0.05) is 31.0 Å². The van der Waals surface area contributed by atoms with Crippen LogP contribution in [0.15, 0.2) is 11.6 Å². The molecule has 8 heteroatoms. The maximum atomic E-state index is 13.6. The minimum Gasteiger partial charge on any atom is -0.343 e. The summed E-state index contributed by atoms with van der Waals surface area (Å²) in [6.07, 6.45) is 4.89. The van der Waals surface area contributed by atoms with Crippen molar-refractivity contribution < 1.29 is 14.4 Å². The molecule has 0 spiro atoms. The molecule has 2 rings (SSSR count). The van der Waals surface area contributed by atoms with Crippen molar-refractivity contribution in [2.24, 2.45) is 11.8 Å². The van der Waals surface area contributed by atoms with Crippen LogP contribution in [0.3, 0.4) is 0 Å². The third-order valence-corrected chi connectivity index (χ3v) is 7.98. The normalized spacial score (nSPS) is 21.8. The van der Waals surface area contributed by atoms with Crippen LogP contribution in [0.5, 0.6) is 0 Å². The summed E-state index contributed by atoms with van der Waals surface area (Å²) in [6, 6.07) is -0.732. The predicted octanol–water partition coefficient (Wildman–Crippen LogP) is 3.35. The smallest absolute Gasteiger partial charge is 0.249 e. The van der Waals surface area contributed by atoms with E-state index in [1.54, 1.807) is 23.7 Å². The van der Waals surface area contributed by atoms with Crippen molar-refractivity contribution in [3.8, 4) is 0 Å². The summed E-state index contributed by atoms with van der Waals surface area (Å²) in [7, 11) is 1.79. The van der Waals surface area contributed by atoms with Gasteiger partial charge < -0.3 is 15.1 Å². The van der Waals surface area contributed by atoms with Crippen molar-refractivity contribution in [3.05, 3.63) is 11.6 Å². The van der Waals surface area contributed by atoms with Crippen molar-refractivity contribution in [2.75, 3.05) is 31.8 Å². The summed E-state index contributed by atoms with van der Waals surface area (Å²) in [6.45, 7) is 15.8. The van der Waals surface area contributed by atoms with E-state index in [-0.39, 0.29) is 47.7 Å². The number of nitrogens with one attached hydrogen (secondary N) is 1. The number of likely N-dealkylation sites (N-methyl/N-ethyl adjacent to an activating group) is 1. The van der Waals surface area contributed by atoms with Gasteiger partial charge in [0.1, 0.15) is 6.04 Å². The number of hydrogen-bond acceptors (Lipinski definition) is 5. The average Bonchev–Trinajstić information content (AvgIpc) is 3.33. The fourth-order valence-electron chi connectivity index (χ4n) is 4.89. The van der Waals surface area contributed by atoms with Crippen LogP contribution < -0.4 is 5.32 Å². The summed E-state index contributed by atoms with van der Waals surface area (Å²) in [4.78, 5) is 45.6. The van der Waals surface area contributed by atoms with E-state index in [2.05, 4.69) is 37.9 Å². The SMILES string of the molecule is CC(=C[C@H](C(C)C)N(C)C(=O)[C@@H](NC(=O)[C@H]1CCCCN1C(C)C)C(C)C)C(=O)N1CCSC1. The molecule has 2 saturated heterocycles. The summed E-state index contributed by atoms with van der Waals surface area (Å²) in [5.41, 5.74) is 0.667. The second-order valence-electron chi connectivity index (χ2n) is 10.7. The van der Waals surface area contributed by atoms with Crippen molar-refractivity contribution in [3.63, 3.8) is 0 Å². The van der Waals surface area contributed by atoms with Gasteiger partial charge in [-0.2, -0.15) is 0 Å². The summed E-state index contributed by atoms with van der Waals surface area (Å²) < 4.78 is 0. The van der Waals surface area contributed by atoms with E-state index < -0.39 is 6.04 Å². The Bertz CT molecular complexity index is 746. The van der Waals surface area contributed by atoms with Gasteiger partial charge in [0.2, 0.25) is 17.7 Å². The number of hydrogen-bond donors (Lipinski definition) is 1. The molecule has 7 nitrogen and oxygen atoms in total. The fourth-order valence-corrected chi connectivity index (χ4v) is 5.83. The molecule has 194 valence electrons. The van der Waals surface area contributed by atoms with Crippen molar-refractivity contribution >= 4 is 29.5 Å². The van der Waals surface area contributed by atoms with E-state index in [1.165, 1.54) is 0 Å². The van der Waals surface area contributed by atoms with Crippen LogP contribution >= 0.6 is 11.8 Å². The molecule has 34 heavy (non-hydrogen) atoms. The second-order valence-corrected chi connectivity index (χ2v) is 11.8. The van der Waals surface area contributed by atoms with Crippen LogP contribution in [-0.4, -0.2) is 88.4 Å². The first-order chi connectivity index (χ1) is 16.0. The van der Waals surface area contributed by atoms with E-state index in [4.69, 9.17) is 0 Å². The average molecular weight is 495 g/mol. The molecule has 0 radical (unpaired) electrons. The van der Waals surface area contributed by atoms with Gasteiger partial charge in [-0.1, -0.05) is 40.2 Å². The van der Waals surface area contributed by atoms with Crippen LogP contribution in [-0.2, 0) is 14.4 Å². The lowest BCUT2D eigenvalue weighted by Crippen LogP contribution is -2.58. The van der Waals surface area contributed by atoms with Gasteiger partial charge in [0.25, 0.3) is 0 Å². The van der Waals surface area contributed by atoms with Crippen LogP contribution in [0.4, 0.5) is 0 Å². The molecule has 2 aliphatic rings. The van der Waals surface area contributed by atoms with E-state index in [9.17, 15) is 14.4 Å². The standard InChI is InChI=1S/C26H46N4O3S/c1-17(2)22(15-20(7)25(32)29-13-14-34-16-29)28(8)26(33)23(18(3)4)27-24(31)21-11-9-10-12-30(21)19(5)6/h15,17-19,21-23H,9-14,16H2,1-8H3,(H,27,31)/t21-,22-,23+/m1/s1. The number of likely N-dealkylation sites (tertiary alicyclic amines) is 1. The molecular formula is C26H46N4O3S.